The molecule has 4 nitrogen and oxygen atoms in total. The minimum absolute atomic E-state index is 0.0679. The topological polar surface area (TPSA) is 52.6 Å². The standard InChI is InChI=1S/C22H18O4/c1-25-19-11-7-16(8-12-19)15-21(23)26-20-13-9-18(10-14-20)22(24)17-5-3-2-4-6-17/h2-14H,15H2,1H3. The van der Waals surface area contributed by atoms with Gasteiger partial charge >= 0.3 is 5.97 Å². The number of hydrogen-bond donors (Lipinski definition) is 0. The van der Waals surface area contributed by atoms with E-state index in [2.05, 4.69) is 0 Å². The van der Waals surface area contributed by atoms with Crippen LogP contribution in [-0.4, -0.2) is 18.9 Å². The molecule has 26 heavy (non-hydrogen) atoms. The molecule has 0 aromatic heterocycles. The van der Waals surface area contributed by atoms with Crippen molar-refractivity contribution in [3.63, 3.8) is 0 Å². The minimum Gasteiger partial charge on any atom is -0.497 e. The lowest BCUT2D eigenvalue weighted by molar-refractivity contribution is -0.133. The second-order valence-electron chi connectivity index (χ2n) is 5.72. The van der Waals surface area contributed by atoms with Gasteiger partial charge in [0.25, 0.3) is 0 Å². The number of esters is 1. The predicted molar refractivity (Wildman–Crippen MR) is 98.6 cm³/mol. The van der Waals surface area contributed by atoms with E-state index in [1.54, 1.807) is 55.6 Å². The van der Waals surface area contributed by atoms with Crippen LogP contribution in [0.15, 0.2) is 78.9 Å². The number of methoxy groups -OCH3 is 1. The van der Waals surface area contributed by atoms with Crippen LogP contribution in [-0.2, 0) is 11.2 Å². The van der Waals surface area contributed by atoms with Crippen LogP contribution >= 0.6 is 0 Å². The monoisotopic (exact) mass is 346 g/mol. The fourth-order valence-electron chi connectivity index (χ4n) is 2.51. The molecule has 0 atom stereocenters. The number of carbonyl (C=O) groups is 2. The zero-order valence-corrected chi connectivity index (χ0v) is 14.3. The summed E-state index contributed by atoms with van der Waals surface area (Å²) < 4.78 is 10.4. The Hall–Kier alpha value is -3.40. The van der Waals surface area contributed by atoms with Gasteiger partial charge in [-0.1, -0.05) is 42.5 Å². The van der Waals surface area contributed by atoms with Crippen LogP contribution in [0.25, 0.3) is 0 Å². The van der Waals surface area contributed by atoms with Crippen LogP contribution in [0.3, 0.4) is 0 Å². The van der Waals surface area contributed by atoms with E-state index in [1.165, 1.54) is 0 Å². The number of carbonyl (C=O) groups excluding carboxylic acids is 2. The minimum atomic E-state index is -0.364. The van der Waals surface area contributed by atoms with Gasteiger partial charge in [-0.05, 0) is 42.0 Å². The molecule has 0 bridgehead atoms. The number of ether oxygens (including phenoxy) is 2. The molecule has 0 amide bonds. The lowest BCUT2D eigenvalue weighted by atomic mass is 10.0. The SMILES string of the molecule is COc1ccc(CC(=O)Oc2ccc(C(=O)c3ccccc3)cc2)cc1. The van der Waals surface area contributed by atoms with Gasteiger partial charge in [-0.15, -0.1) is 0 Å². The molecule has 0 aliphatic heterocycles. The van der Waals surface area contributed by atoms with Gasteiger partial charge in [0.05, 0.1) is 13.5 Å². The van der Waals surface area contributed by atoms with Crippen LogP contribution in [0.2, 0.25) is 0 Å². The molecule has 0 spiro atoms. The molecule has 3 rings (SSSR count). The fourth-order valence-corrected chi connectivity index (χ4v) is 2.51. The van der Waals surface area contributed by atoms with E-state index in [4.69, 9.17) is 9.47 Å². The summed E-state index contributed by atoms with van der Waals surface area (Å²) in [6.45, 7) is 0. The maximum absolute atomic E-state index is 12.4. The Balaban J connectivity index is 1.61. The summed E-state index contributed by atoms with van der Waals surface area (Å²) in [5, 5.41) is 0. The molecule has 3 aromatic rings. The fraction of sp³-hybridized carbons (Fsp3) is 0.0909. The predicted octanol–water partition coefficient (Wildman–Crippen LogP) is 4.07. The molecule has 0 radical (unpaired) electrons. The average Bonchev–Trinajstić information content (AvgIpc) is 2.69. The maximum Gasteiger partial charge on any atom is 0.315 e. The second kappa shape index (κ2) is 8.12. The van der Waals surface area contributed by atoms with E-state index >= 15 is 0 Å². The van der Waals surface area contributed by atoms with Gasteiger partial charge in [0, 0.05) is 11.1 Å². The van der Waals surface area contributed by atoms with E-state index < -0.39 is 0 Å². The summed E-state index contributed by atoms with van der Waals surface area (Å²) in [6.07, 6.45) is 0.161. The van der Waals surface area contributed by atoms with Gasteiger partial charge in [0.15, 0.2) is 5.78 Å². The summed E-state index contributed by atoms with van der Waals surface area (Å²) in [6, 6.07) is 22.9. The molecule has 0 saturated carbocycles. The van der Waals surface area contributed by atoms with Crippen molar-refractivity contribution >= 4 is 11.8 Å². The molecule has 0 saturated heterocycles. The molecular formula is C22H18O4. The van der Waals surface area contributed by atoms with E-state index in [0.29, 0.717) is 16.9 Å². The van der Waals surface area contributed by atoms with Gasteiger partial charge in [-0.3, -0.25) is 9.59 Å². The molecule has 0 N–H and O–H groups in total. The molecule has 0 unspecified atom stereocenters. The first-order valence-corrected chi connectivity index (χ1v) is 8.19. The highest BCUT2D eigenvalue weighted by Crippen LogP contribution is 2.17. The van der Waals surface area contributed by atoms with Gasteiger partial charge in [-0.25, -0.2) is 0 Å². The maximum atomic E-state index is 12.4. The Morgan fingerprint density at radius 3 is 1.92 bits per heavy atom. The third-order valence-electron chi connectivity index (χ3n) is 3.89. The molecule has 4 heteroatoms. The lowest BCUT2D eigenvalue weighted by Crippen LogP contribution is -2.11. The first-order chi connectivity index (χ1) is 12.7. The molecular weight excluding hydrogens is 328 g/mol. The summed E-state index contributed by atoms with van der Waals surface area (Å²) in [5.41, 5.74) is 2.01. The molecule has 0 heterocycles. The summed E-state index contributed by atoms with van der Waals surface area (Å²) in [5.74, 6) is 0.716. The second-order valence-corrected chi connectivity index (χ2v) is 5.72. The molecule has 0 aliphatic carbocycles. The Labute approximate surface area is 152 Å². The van der Waals surface area contributed by atoms with Crippen molar-refractivity contribution in [3.05, 3.63) is 95.6 Å². The van der Waals surface area contributed by atoms with Crippen molar-refractivity contribution in [1.82, 2.24) is 0 Å². The van der Waals surface area contributed by atoms with Crippen LogP contribution in [0.1, 0.15) is 21.5 Å². The molecule has 3 aromatic carbocycles. The number of ketones is 1. The Morgan fingerprint density at radius 2 is 1.31 bits per heavy atom. The van der Waals surface area contributed by atoms with Crippen molar-refractivity contribution in [3.8, 4) is 11.5 Å². The molecule has 0 fully saturated rings. The summed E-state index contributed by atoms with van der Waals surface area (Å²) in [4.78, 5) is 24.4. The molecule has 130 valence electrons. The highest BCUT2D eigenvalue weighted by molar-refractivity contribution is 6.09. The van der Waals surface area contributed by atoms with Gasteiger partial charge in [-0.2, -0.15) is 0 Å². The normalized spacial score (nSPS) is 10.2. The first-order valence-electron chi connectivity index (χ1n) is 8.19. The number of rotatable bonds is 6. The number of hydrogen-bond acceptors (Lipinski definition) is 4. The van der Waals surface area contributed by atoms with Crippen molar-refractivity contribution in [1.29, 1.82) is 0 Å². The van der Waals surface area contributed by atoms with Crippen molar-refractivity contribution in [2.75, 3.05) is 7.11 Å². The average molecular weight is 346 g/mol. The lowest BCUT2D eigenvalue weighted by Gasteiger charge is -2.06. The van der Waals surface area contributed by atoms with E-state index in [1.807, 2.05) is 30.3 Å². The van der Waals surface area contributed by atoms with Crippen LogP contribution in [0, 0.1) is 0 Å². The highest BCUT2D eigenvalue weighted by Gasteiger charge is 2.10. The van der Waals surface area contributed by atoms with Crippen LogP contribution in [0.5, 0.6) is 11.5 Å². The highest BCUT2D eigenvalue weighted by atomic mass is 16.5. The Bertz CT molecular complexity index is 882. The Morgan fingerprint density at radius 1 is 0.731 bits per heavy atom. The van der Waals surface area contributed by atoms with E-state index in [9.17, 15) is 9.59 Å². The van der Waals surface area contributed by atoms with Crippen LogP contribution < -0.4 is 9.47 Å². The zero-order chi connectivity index (χ0) is 18.4. The van der Waals surface area contributed by atoms with Crippen LogP contribution in [0.4, 0.5) is 0 Å². The van der Waals surface area contributed by atoms with E-state index in [-0.39, 0.29) is 18.2 Å². The summed E-state index contributed by atoms with van der Waals surface area (Å²) in [7, 11) is 1.59. The Kier molecular flexibility index (Phi) is 5.44. The van der Waals surface area contributed by atoms with Crippen molar-refractivity contribution in [2.45, 2.75) is 6.42 Å². The van der Waals surface area contributed by atoms with Gasteiger partial charge < -0.3 is 9.47 Å². The molecule has 0 aliphatic rings. The zero-order valence-electron chi connectivity index (χ0n) is 14.3. The third kappa shape index (κ3) is 4.36. The quantitative estimate of drug-likeness (QED) is 0.383. The third-order valence-corrected chi connectivity index (χ3v) is 3.89. The number of benzene rings is 3. The van der Waals surface area contributed by atoms with Gasteiger partial charge in [0.1, 0.15) is 11.5 Å². The van der Waals surface area contributed by atoms with Crippen molar-refractivity contribution in [2.24, 2.45) is 0 Å². The first kappa shape index (κ1) is 17.4. The van der Waals surface area contributed by atoms with E-state index in [0.717, 1.165) is 11.3 Å². The van der Waals surface area contributed by atoms with Gasteiger partial charge in [0.2, 0.25) is 0 Å². The largest absolute Gasteiger partial charge is 0.497 e. The smallest absolute Gasteiger partial charge is 0.315 e. The van der Waals surface area contributed by atoms with Crippen molar-refractivity contribution < 1.29 is 19.1 Å². The summed E-state index contributed by atoms with van der Waals surface area (Å²) >= 11 is 0.